The van der Waals surface area contributed by atoms with Crippen LogP contribution in [0.3, 0.4) is 0 Å². The quantitative estimate of drug-likeness (QED) is 0.275. The predicted octanol–water partition coefficient (Wildman–Crippen LogP) is 4.96. The Morgan fingerprint density at radius 3 is 2.34 bits per heavy atom. The van der Waals surface area contributed by atoms with Crippen molar-refractivity contribution >= 4 is 23.4 Å². The van der Waals surface area contributed by atoms with Crippen molar-refractivity contribution in [3.05, 3.63) is 139 Å². The summed E-state index contributed by atoms with van der Waals surface area (Å²) in [6.45, 7) is 5.83. The molecule has 1 aliphatic heterocycles. The number of carbonyl (C=O) groups excluding carboxylic acids is 1. The van der Waals surface area contributed by atoms with Crippen LogP contribution in [0.4, 0.5) is 0 Å². The van der Waals surface area contributed by atoms with Gasteiger partial charge in [-0.25, -0.2) is 14.5 Å². The Balaban J connectivity index is 1.56. The highest BCUT2D eigenvalue weighted by atomic mass is 32.1. The Hall–Kier alpha value is -4.82. The molecule has 0 bridgehead atoms. The molecule has 5 aromatic rings. The number of carbonyl (C=O) groups is 1. The number of aromatic nitrogens is 3. The van der Waals surface area contributed by atoms with E-state index in [4.69, 9.17) is 14.8 Å². The van der Waals surface area contributed by atoms with Crippen molar-refractivity contribution in [3.8, 4) is 16.9 Å². The van der Waals surface area contributed by atoms with Crippen LogP contribution in [0.2, 0.25) is 0 Å². The average molecular weight is 561 g/mol. The molecule has 0 saturated carbocycles. The Labute approximate surface area is 241 Å². The molecule has 8 heteroatoms. The molecular weight excluding hydrogens is 532 g/mol. The predicted molar refractivity (Wildman–Crippen MR) is 161 cm³/mol. The molecule has 2 aromatic heterocycles. The average Bonchev–Trinajstić information content (AvgIpc) is 3.54. The number of para-hydroxylation sites is 1. The zero-order valence-electron chi connectivity index (χ0n) is 22.9. The van der Waals surface area contributed by atoms with Gasteiger partial charge in [-0.2, -0.15) is 5.10 Å². The van der Waals surface area contributed by atoms with Crippen LogP contribution in [-0.4, -0.2) is 26.9 Å². The summed E-state index contributed by atoms with van der Waals surface area (Å²) in [6.07, 6.45) is 3.81. The number of ether oxygens (including phenoxy) is 1. The summed E-state index contributed by atoms with van der Waals surface area (Å²) in [5, 5.41) is 4.91. The van der Waals surface area contributed by atoms with Crippen LogP contribution in [0.25, 0.3) is 23.0 Å². The largest absolute Gasteiger partial charge is 0.463 e. The second-order valence-corrected chi connectivity index (χ2v) is 10.8. The number of nitrogens with zero attached hydrogens (tertiary/aromatic N) is 4. The van der Waals surface area contributed by atoms with E-state index < -0.39 is 12.0 Å². The summed E-state index contributed by atoms with van der Waals surface area (Å²) in [5.74, 6) is -0.470. The van der Waals surface area contributed by atoms with Crippen LogP contribution in [0, 0.1) is 6.92 Å². The van der Waals surface area contributed by atoms with Gasteiger partial charge in [-0.3, -0.25) is 9.36 Å². The number of esters is 1. The second-order valence-electron chi connectivity index (χ2n) is 9.79. The van der Waals surface area contributed by atoms with Crippen molar-refractivity contribution in [1.82, 2.24) is 14.3 Å². The molecule has 0 aliphatic carbocycles. The van der Waals surface area contributed by atoms with E-state index in [9.17, 15) is 9.59 Å². The lowest BCUT2D eigenvalue weighted by Gasteiger charge is -2.24. The highest BCUT2D eigenvalue weighted by Gasteiger charge is 2.33. The van der Waals surface area contributed by atoms with Gasteiger partial charge in [-0.1, -0.05) is 89.7 Å². The Bertz CT molecular complexity index is 1950. The normalized spacial score (nSPS) is 15.0. The van der Waals surface area contributed by atoms with Crippen molar-refractivity contribution in [2.24, 2.45) is 4.99 Å². The van der Waals surface area contributed by atoms with E-state index in [1.165, 1.54) is 11.3 Å². The molecule has 6 rings (SSSR count). The molecule has 3 aromatic carbocycles. The lowest BCUT2D eigenvalue weighted by Crippen LogP contribution is -2.39. The van der Waals surface area contributed by atoms with Crippen LogP contribution in [0.5, 0.6) is 0 Å². The molecule has 0 amide bonds. The van der Waals surface area contributed by atoms with E-state index in [1.807, 2.05) is 109 Å². The van der Waals surface area contributed by atoms with Crippen molar-refractivity contribution in [3.63, 3.8) is 0 Å². The van der Waals surface area contributed by atoms with Crippen molar-refractivity contribution in [2.75, 3.05) is 6.61 Å². The summed E-state index contributed by atoms with van der Waals surface area (Å²) in [7, 11) is 0. The Morgan fingerprint density at radius 2 is 1.66 bits per heavy atom. The molecule has 0 spiro atoms. The molecule has 0 N–H and O–H groups in total. The topological polar surface area (TPSA) is 78.5 Å². The molecule has 0 saturated heterocycles. The summed E-state index contributed by atoms with van der Waals surface area (Å²) in [5.41, 5.74) is 6.10. The Morgan fingerprint density at radius 1 is 0.976 bits per heavy atom. The van der Waals surface area contributed by atoms with Crippen molar-refractivity contribution < 1.29 is 9.53 Å². The second kappa shape index (κ2) is 11.0. The fraction of sp³-hybridized carbons (Fsp3) is 0.152. The van der Waals surface area contributed by atoms with Crippen molar-refractivity contribution in [1.29, 1.82) is 0 Å². The number of hydrogen-bond acceptors (Lipinski definition) is 6. The van der Waals surface area contributed by atoms with E-state index in [0.29, 0.717) is 20.6 Å². The van der Waals surface area contributed by atoms with E-state index >= 15 is 0 Å². The summed E-state index contributed by atoms with van der Waals surface area (Å²) in [4.78, 5) is 32.4. The summed E-state index contributed by atoms with van der Waals surface area (Å²) in [6, 6.07) is 26.9. The van der Waals surface area contributed by atoms with Gasteiger partial charge in [0.05, 0.1) is 39.8 Å². The molecule has 0 fully saturated rings. The third-order valence-electron chi connectivity index (χ3n) is 7.01. The maximum Gasteiger partial charge on any atom is 0.338 e. The SMILES string of the molecule is CCOC(=O)C1=C(C)N=c2sc(=Cc3cn(-c4ccccc4)nc3-c3ccc(C)cc3)c(=O)n2[C@@H]1c1ccccc1. The van der Waals surface area contributed by atoms with Crippen LogP contribution >= 0.6 is 11.3 Å². The fourth-order valence-corrected chi connectivity index (χ4v) is 6.06. The minimum Gasteiger partial charge on any atom is -0.463 e. The minimum atomic E-state index is -0.641. The standard InChI is InChI=1S/C33H28N4O3S/c1-4-40-32(39)28-22(3)34-33-37(30(28)24-11-7-5-8-12-24)31(38)27(41-33)19-25-20-36(26-13-9-6-10-14-26)35-29(25)23-17-15-21(2)16-18-23/h5-20,30H,4H2,1-3H3/t30-/m1/s1. The van der Waals surface area contributed by atoms with E-state index in [2.05, 4.69) is 0 Å². The molecule has 41 heavy (non-hydrogen) atoms. The third-order valence-corrected chi connectivity index (χ3v) is 7.99. The van der Waals surface area contributed by atoms with E-state index in [-0.39, 0.29) is 12.2 Å². The zero-order valence-corrected chi connectivity index (χ0v) is 23.8. The van der Waals surface area contributed by atoms with Crippen LogP contribution in [0.1, 0.15) is 36.6 Å². The van der Waals surface area contributed by atoms with Crippen LogP contribution in [0.15, 0.2) is 112 Å². The minimum absolute atomic E-state index is 0.223. The number of aryl methyl sites for hydroxylation is 1. The van der Waals surface area contributed by atoms with Gasteiger partial charge < -0.3 is 4.74 Å². The first-order chi connectivity index (χ1) is 19.9. The highest BCUT2D eigenvalue weighted by Crippen LogP contribution is 2.31. The van der Waals surface area contributed by atoms with Gasteiger partial charge in [0.2, 0.25) is 0 Å². The molecule has 204 valence electrons. The first-order valence-electron chi connectivity index (χ1n) is 13.4. The summed E-state index contributed by atoms with van der Waals surface area (Å²) >= 11 is 1.30. The van der Waals surface area contributed by atoms with Gasteiger partial charge in [0.1, 0.15) is 0 Å². The van der Waals surface area contributed by atoms with Gasteiger partial charge in [0, 0.05) is 17.3 Å². The number of thiazole rings is 1. The highest BCUT2D eigenvalue weighted by molar-refractivity contribution is 7.07. The van der Waals surface area contributed by atoms with Gasteiger partial charge >= 0.3 is 5.97 Å². The number of fused-ring (bicyclic) bond motifs is 1. The fourth-order valence-electron chi connectivity index (χ4n) is 5.03. The number of hydrogen-bond donors (Lipinski definition) is 0. The molecule has 1 atom stereocenters. The smallest absolute Gasteiger partial charge is 0.338 e. The molecule has 0 radical (unpaired) electrons. The molecule has 3 heterocycles. The maximum absolute atomic E-state index is 14.1. The molecule has 1 aliphatic rings. The first-order valence-corrected chi connectivity index (χ1v) is 14.2. The molecular formula is C33H28N4O3S. The van der Waals surface area contributed by atoms with E-state index in [0.717, 1.165) is 33.6 Å². The van der Waals surface area contributed by atoms with Gasteiger partial charge in [-0.15, -0.1) is 0 Å². The number of rotatable bonds is 6. The first kappa shape index (κ1) is 26.4. The Kier molecular flexibility index (Phi) is 7.07. The van der Waals surface area contributed by atoms with Crippen LogP contribution in [-0.2, 0) is 9.53 Å². The molecule has 0 unspecified atom stereocenters. The maximum atomic E-state index is 14.1. The van der Waals surface area contributed by atoms with E-state index in [1.54, 1.807) is 18.4 Å². The lowest BCUT2D eigenvalue weighted by atomic mass is 9.96. The summed E-state index contributed by atoms with van der Waals surface area (Å²) < 4.78 is 9.33. The monoisotopic (exact) mass is 560 g/mol. The molecule has 7 nitrogen and oxygen atoms in total. The van der Waals surface area contributed by atoms with Gasteiger partial charge in [-0.05, 0) is 44.5 Å². The number of benzene rings is 3. The zero-order chi connectivity index (χ0) is 28.5. The van der Waals surface area contributed by atoms with Crippen LogP contribution < -0.4 is 14.9 Å². The van der Waals surface area contributed by atoms with Crippen molar-refractivity contribution in [2.45, 2.75) is 26.8 Å². The lowest BCUT2D eigenvalue weighted by molar-refractivity contribution is -0.139. The van der Waals surface area contributed by atoms with Gasteiger partial charge in [0.15, 0.2) is 4.80 Å². The van der Waals surface area contributed by atoms with Gasteiger partial charge in [0.25, 0.3) is 5.56 Å². The number of allylic oxidation sites excluding steroid dienone is 1. The third kappa shape index (κ3) is 4.98.